The number of ether oxygens (including phenoxy) is 3. The number of carbonyl (C=O) groups is 2. The van der Waals surface area contributed by atoms with E-state index in [0.29, 0.717) is 34.1 Å². The molecule has 7 nitrogen and oxygen atoms in total. The fourth-order valence-electron chi connectivity index (χ4n) is 3.67. The van der Waals surface area contributed by atoms with Gasteiger partial charge in [-0.2, -0.15) is 0 Å². The van der Waals surface area contributed by atoms with E-state index in [1.54, 1.807) is 44.6 Å². The van der Waals surface area contributed by atoms with Gasteiger partial charge in [-0.25, -0.2) is 0 Å². The molecule has 168 valence electrons. The lowest BCUT2D eigenvalue weighted by atomic mass is 10.0. The van der Waals surface area contributed by atoms with Crippen LogP contribution in [0.4, 0.5) is 5.69 Å². The molecular weight excluding hydrogens is 420 g/mol. The minimum atomic E-state index is -0.417. The third-order valence-corrected chi connectivity index (χ3v) is 5.40. The van der Waals surface area contributed by atoms with E-state index < -0.39 is 5.91 Å². The van der Waals surface area contributed by atoms with Crippen molar-refractivity contribution in [2.45, 2.75) is 6.54 Å². The number of methoxy groups -OCH3 is 3. The first kappa shape index (κ1) is 22.0. The Hall–Kier alpha value is -4.26. The molecule has 4 rings (SSSR count). The highest BCUT2D eigenvalue weighted by Crippen LogP contribution is 2.35. The Morgan fingerprint density at radius 1 is 0.758 bits per heavy atom. The second-order valence-corrected chi connectivity index (χ2v) is 7.35. The first-order chi connectivity index (χ1) is 16.0. The Labute approximate surface area is 192 Å². The highest BCUT2D eigenvalue weighted by molar-refractivity contribution is 6.36. The topological polar surface area (TPSA) is 77.1 Å². The van der Waals surface area contributed by atoms with Crippen molar-refractivity contribution in [2.24, 2.45) is 0 Å². The maximum Gasteiger partial charge on any atom is 0.278 e. The molecule has 1 heterocycles. The summed E-state index contributed by atoms with van der Waals surface area (Å²) >= 11 is 0. The first-order valence-corrected chi connectivity index (χ1v) is 10.3. The van der Waals surface area contributed by atoms with Gasteiger partial charge >= 0.3 is 0 Å². The molecule has 3 aromatic carbocycles. The van der Waals surface area contributed by atoms with Gasteiger partial charge in [0.15, 0.2) is 0 Å². The van der Waals surface area contributed by atoms with Gasteiger partial charge in [0.05, 0.1) is 39.1 Å². The second kappa shape index (κ2) is 9.48. The SMILES string of the molecule is COc1ccc(CN2C(=O)C(Nc3cc(OC)ccc3OC)=C(c3ccccc3)C2=O)cc1. The van der Waals surface area contributed by atoms with Crippen molar-refractivity contribution < 1.29 is 23.8 Å². The largest absolute Gasteiger partial charge is 0.497 e. The van der Waals surface area contributed by atoms with Crippen molar-refractivity contribution >= 4 is 23.1 Å². The van der Waals surface area contributed by atoms with Crippen LogP contribution in [0.5, 0.6) is 17.2 Å². The number of imide groups is 1. The van der Waals surface area contributed by atoms with E-state index in [2.05, 4.69) is 5.32 Å². The summed E-state index contributed by atoms with van der Waals surface area (Å²) in [6.07, 6.45) is 0. The maximum atomic E-state index is 13.5. The van der Waals surface area contributed by atoms with Gasteiger partial charge in [-0.1, -0.05) is 42.5 Å². The average molecular weight is 444 g/mol. The monoisotopic (exact) mass is 444 g/mol. The van der Waals surface area contributed by atoms with Crippen LogP contribution in [0, 0.1) is 0 Å². The molecule has 0 aliphatic carbocycles. The maximum absolute atomic E-state index is 13.5. The number of nitrogens with zero attached hydrogens (tertiary/aromatic N) is 1. The molecule has 0 saturated heterocycles. The summed E-state index contributed by atoms with van der Waals surface area (Å²) in [7, 11) is 4.68. The zero-order chi connectivity index (χ0) is 23.4. The number of rotatable bonds is 8. The smallest absolute Gasteiger partial charge is 0.278 e. The molecular formula is C26H24N2O5. The normalized spacial score (nSPS) is 13.4. The third-order valence-electron chi connectivity index (χ3n) is 5.40. The molecule has 0 aromatic heterocycles. The van der Waals surface area contributed by atoms with Crippen LogP contribution in [0.1, 0.15) is 11.1 Å². The zero-order valence-electron chi connectivity index (χ0n) is 18.6. The minimum Gasteiger partial charge on any atom is -0.497 e. The van der Waals surface area contributed by atoms with E-state index in [1.807, 2.05) is 42.5 Å². The number of hydrogen-bond donors (Lipinski definition) is 1. The second-order valence-electron chi connectivity index (χ2n) is 7.35. The number of nitrogens with one attached hydrogen (secondary N) is 1. The molecule has 1 aliphatic heterocycles. The number of benzene rings is 3. The van der Waals surface area contributed by atoms with Gasteiger partial charge in [0.1, 0.15) is 22.9 Å². The lowest BCUT2D eigenvalue weighted by Gasteiger charge is -2.16. The van der Waals surface area contributed by atoms with E-state index in [4.69, 9.17) is 14.2 Å². The van der Waals surface area contributed by atoms with Gasteiger partial charge in [-0.05, 0) is 35.4 Å². The Kier molecular flexibility index (Phi) is 6.31. The van der Waals surface area contributed by atoms with Gasteiger partial charge in [-0.3, -0.25) is 14.5 Å². The molecule has 0 radical (unpaired) electrons. The Morgan fingerprint density at radius 3 is 2.06 bits per heavy atom. The molecule has 2 amide bonds. The van der Waals surface area contributed by atoms with Crippen LogP contribution in [0.3, 0.4) is 0 Å². The molecule has 0 bridgehead atoms. The van der Waals surface area contributed by atoms with E-state index in [-0.39, 0.29) is 18.1 Å². The summed E-state index contributed by atoms with van der Waals surface area (Å²) in [4.78, 5) is 28.2. The van der Waals surface area contributed by atoms with Gasteiger partial charge in [0.2, 0.25) is 0 Å². The third kappa shape index (κ3) is 4.39. The van der Waals surface area contributed by atoms with E-state index in [0.717, 1.165) is 5.56 Å². The molecule has 3 aromatic rings. The van der Waals surface area contributed by atoms with Crippen molar-refractivity contribution in [3.63, 3.8) is 0 Å². The summed E-state index contributed by atoms with van der Waals surface area (Å²) in [5.74, 6) is 1.02. The number of carbonyl (C=O) groups excluding carboxylic acids is 2. The van der Waals surface area contributed by atoms with E-state index in [1.165, 1.54) is 12.0 Å². The summed E-state index contributed by atoms with van der Waals surface area (Å²) in [5, 5.41) is 3.14. The molecule has 0 atom stereocenters. The van der Waals surface area contributed by atoms with Crippen LogP contribution in [-0.4, -0.2) is 38.0 Å². The molecule has 1 N–H and O–H groups in total. The van der Waals surface area contributed by atoms with Crippen molar-refractivity contribution in [3.05, 3.63) is 89.6 Å². The van der Waals surface area contributed by atoms with Crippen molar-refractivity contribution in [1.82, 2.24) is 4.90 Å². The molecule has 0 unspecified atom stereocenters. The predicted octanol–water partition coefficient (Wildman–Crippen LogP) is 4.10. The van der Waals surface area contributed by atoms with Crippen molar-refractivity contribution in [2.75, 3.05) is 26.6 Å². The standard InChI is InChI=1S/C26H24N2O5/c1-31-19-11-9-17(10-12-19)16-28-25(29)23(18-7-5-4-6-8-18)24(26(28)30)27-21-15-20(32-2)13-14-22(21)33-3/h4-15,27H,16H2,1-3H3. The minimum absolute atomic E-state index is 0.137. The van der Waals surface area contributed by atoms with Crippen LogP contribution in [0.25, 0.3) is 5.57 Å². The van der Waals surface area contributed by atoms with E-state index >= 15 is 0 Å². The fraction of sp³-hybridized carbons (Fsp3) is 0.154. The van der Waals surface area contributed by atoms with Crippen molar-refractivity contribution in [3.8, 4) is 17.2 Å². The van der Waals surface area contributed by atoms with Gasteiger partial charge < -0.3 is 19.5 Å². The number of hydrogen-bond acceptors (Lipinski definition) is 6. The molecule has 0 fully saturated rings. The first-order valence-electron chi connectivity index (χ1n) is 10.3. The Balaban J connectivity index is 1.73. The fourth-order valence-corrected chi connectivity index (χ4v) is 3.67. The van der Waals surface area contributed by atoms with Crippen LogP contribution in [0.15, 0.2) is 78.5 Å². The highest BCUT2D eigenvalue weighted by atomic mass is 16.5. The van der Waals surface area contributed by atoms with Gasteiger partial charge in [0.25, 0.3) is 11.8 Å². The lowest BCUT2D eigenvalue weighted by Crippen LogP contribution is -2.32. The number of anilines is 1. The predicted molar refractivity (Wildman–Crippen MR) is 125 cm³/mol. The molecule has 7 heteroatoms. The summed E-state index contributed by atoms with van der Waals surface area (Å²) < 4.78 is 15.9. The van der Waals surface area contributed by atoms with Crippen LogP contribution >= 0.6 is 0 Å². The zero-order valence-corrected chi connectivity index (χ0v) is 18.6. The highest BCUT2D eigenvalue weighted by Gasteiger charge is 2.39. The van der Waals surface area contributed by atoms with E-state index in [9.17, 15) is 9.59 Å². The average Bonchev–Trinajstić information content (AvgIpc) is 3.09. The molecule has 0 spiro atoms. The molecule has 1 aliphatic rings. The lowest BCUT2D eigenvalue weighted by molar-refractivity contribution is -0.137. The molecule has 0 saturated carbocycles. The van der Waals surface area contributed by atoms with Crippen LogP contribution in [0.2, 0.25) is 0 Å². The summed E-state index contributed by atoms with van der Waals surface area (Å²) in [6.45, 7) is 0.137. The Bertz CT molecular complexity index is 1200. The molecule has 33 heavy (non-hydrogen) atoms. The van der Waals surface area contributed by atoms with Gasteiger partial charge in [-0.15, -0.1) is 0 Å². The quantitative estimate of drug-likeness (QED) is 0.527. The van der Waals surface area contributed by atoms with Crippen LogP contribution < -0.4 is 19.5 Å². The number of amides is 2. The van der Waals surface area contributed by atoms with Gasteiger partial charge in [0, 0.05) is 6.07 Å². The Morgan fingerprint density at radius 2 is 1.42 bits per heavy atom. The van der Waals surface area contributed by atoms with Crippen molar-refractivity contribution in [1.29, 1.82) is 0 Å². The summed E-state index contributed by atoms with van der Waals surface area (Å²) in [6, 6.07) is 21.6. The summed E-state index contributed by atoms with van der Waals surface area (Å²) in [5.41, 5.74) is 2.47. The van der Waals surface area contributed by atoms with Crippen LogP contribution in [-0.2, 0) is 16.1 Å².